The molecule has 0 fully saturated rings. The summed E-state index contributed by atoms with van der Waals surface area (Å²) in [6.07, 6.45) is 1.53. The molecule has 1 aromatic rings. The van der Waals surface area contributed by atoms with Crippen LogP contribution < -0.4 is 10.5 Å². The average molecular weight is 235 g/mol. The molecule has 0 bridgehead atoms. The molecular formula is C14H18FNO. The first-order chi connectivity index (χ1) is 8.15. The van der Waals surface area contributed by atoms with Gasteiger partial charge in [0.25, 0.3) is 0 Å². The third-order valence-corrected chi connectivity index (χ3v) is 2.44. The molecule has 0 amide bonds. The van der Waals surface area contributed by atoms with Crippen LogP contribution in [0.3, 0.4) is 0 Å². The number of rotatable bonds is 5. The van der Waals surface area contributed by atoms with Crippen molar-refractivity contribution in [2.45, 2.75) is 32.7 Å². The zero-order chi connectivity index (χ0) is 12.7. The van der Waals surface area contributed by atoms with E-state index in [1.54, 1.807) is 6.92 Å². The smallest absolute Gasteiger partial charge is 0.149 e. The van der Waals surface area contributed by atoms with Gasteiger partial charge < -0.3 is 10.5 Å². The topological polar surface area (TPSA) is 35.2 Å². The molecule has 0 saturated heterocycles. The summed E-state index contributed by atoms with van der Waals surface area (Å²) in [5, 5.41) is 0. The van der Waals surface area contributed by atoms with E-state index in [-0.39, 0.29) is 18.5 Å². The average Bonchev–Trinajstić information content (AvgIpc) is 2.28. The lowest BCUT2D eigenvalue weighted by molar-refractivity contribution is 0.367. The summed E-state index contributed by atoms with van der Waals surface area (Å²) in [6, 6.07) is 4.72. The molecule has 1 atom stereocenters. The van der Waals surface area contributed by atoms with Crippen molar-refractivity contribution in [1.29, 1.82) is 0 Å². The molecule has 1 aromatic carbocycles. The van der Waals surface area contributed by atoms with E-state index in [2.05, 4.69) is 11.8 Å². The van der Waals surface area contributed by atoms with Crippen LogP contribution in [0.15, 0.2) is 18.2 Å². The summed E-state index contributed by atoms with van der Waals surface area (Å²) >= 11 is 0. The Balaban J connectivity index is 2.74. The van der Waals surface area contributed by atoms with Crippen LogP contribution in [0.4, 0.5) is 4.39 Å². The van der Waals surface area contributed by atoms with Gasteiger partial charge in [0.15, 0.2) is 0 Å². The largest absolute Gasteiger partial charge is 0.481 e. The molecule has 0 aliphatic carbocycles. The Morgan fingerprint density at radius 3 is 2.82 bits per heavy atom. The monoisotopic (exact) mass is 235 g/mol. The second-order valence-electron chi connectivity index (χ2n) is 3.88. The molecule has 92 valence electrons. The van der Waals surface area contributed by atoms with Gasteiger partial charge in [-0.15, -0.1) is 5.92 Å². The maximum atomic E-state index is 13.3. The highest BCUT2D eigenvalue weighted by Crippen LogP contribution is 2.17. The van der Waals surface area contributed by atoms with Crippen molar-refractivity contribution < 1.29 is 9.13 Å². The fraction of sp³-hybridized carbons (Fsp3) is 0.429. The zero-order valence-electron chi connectivity index (χ0n) is 10.3. The predicted octanol–water partition coefficient (Wildman–Crippen LogP) is 2.51. The second kappa shape index (κ2) is 6.93. The van der Waals surface area contributed by atoms with E-state index >= 15 is 0 Å². The van der Waals surface area contributed by atoms with E-state index in [9.17, 15) is 4.39 Å². The summed E-state index contributed by atoms with van der Waals surface area (Å²) in [6.45, 7) is 4.03. The lowest BCUT2D eigenvalue weighted by Gasteiger charge is -2.10. The van der Waals surface area contributed by atoms with Crippen LogP contribution in [0.25, 0.3) is 0 Å². The molecule has 2 N–H and O–H groups in total. The van der Waals surface area contributed by atoms with Crippen molar-refractivity contribution in [3.8, 4) is 17.6 Å². The first kappa shape index (κ1) is 13.5. The Bertz CT molecular complexity index is 420. The first-order valence-corrected chi connectivity index (χ1v) is 5.73. The van der Waals surface area contributed by atoms with E-state index in [4.69, 9.17) is 10.5 Å². The van der Waals surface area contributed by atoms with Crippen LogP contribution in [-0.2, 0) is 6.42 Å². The highest BCUT2D eigenvalue weighted by Gasteiger charge is 2.05. The molecular weight excluding hydrogens is 217 g/mol. The van der Waals surface area contributed by atoms with Gasteiger partial charge in [0.2, 0.25) is 0 Å². The van der Waals surface area contributed by atoms with Crippen molar-refractivity contribution in [1.82, 2.24) is 0 Å². The molecule has 3 heteroatoms. The number of hydrogen-bond donors (Lipinski definition) is 1. The van der Waals surface area contributed by atoms with Gasteiger partial charge in [0.05, 0.1) is 0 Å². The maximum absolute atomic E-state index is 13.3. The minimum atomic E-state index is -0.301. The van der Waals surface area contributed by atoms with Crippen molar-refractivity contribution >= 4 is 0 Å². The molecule has 1 rings (SSSR count). The molecule has 17 heavy (non-hydrogen) atoms. The van der Waals surface area contributed by atoms with Gasteiger partial charge >= 0.3 is 0 Å². The summed E-state index contributed by atoms with van der Waals surface area (Å²) in [5.41, 5.74) is 6.70. The summed E-state index contributed by atoms with van der Waals surface area (Å²) in [5.74, 6) is 5.69. The Morgan fingerprint density at radius 1 is 1.41 bits per heavy atom. The molecule has 0 saturated carbocycles. The SMILES string of the molecule is CC#CCOc1cc(F)cc(CC(N)CC)c1. The van der Waals surface area contributed by atoms with E-state index in [0.29, 0.717) is 12.2 Å². The molecule has 0 radical (unpaired) electrons. The van der Waals surface area contributed by atoms with Gasteiger partial charge in [0, 0.05) is 12.1 Å². The number of hydrogen-bond acceptors (Lipinski definition) is 2. The molecule has 0 spiro atoms. The Morgan fingerprint density at radius 2 is 2.18 bits per heavy atom. The summed E-state index contributed by atoms with van der Waals surface area (Å²) in [4.78, 5) is 0. The number of halogens is 1. The second-order valence-corrected chi connectivity index (χ2v) is 3.88. The van der Waals surface area contributed by atoms with Crippen LogP contribution in [0, 0.1) is 17.7 Å². The van der Waals surface area contributed by atoms with E-state index in [1.165, 1.54) is 12.1 Å². The summed E-state index contributed by atoms with van der Waals surface area (Å²) < 4.78 is 18.7. The van der Waals surface area contributed by atoms with Crippen molar-refractivity contribution in [2.24, 2.45) is 5.73 Å². The minimum Gasteiger partial charge on any atom is -0.481 e. The van der Waals surface area contributed by atoms with Crippen LogP contribution >= 0.6 is 0 Å². The van der Waals surface area contributed by atoms with E-state index in [0.717, 1.165) is 12.0 Å². The maximum Gasteiger partial charge on any atom is 0.149 e. The minimum absolute atomic E-state index is 0.0556. The predicted molar refractivity (Wildman–Crippen MR) is 67.3 cm³/mol. The first-order valence-electron chi connectivity index (χ1n) is 5.73. The van der Waals surface area contributed by atoms with Crippen LogP contribution in [0.5, 0.6) is 5.75 Å². The molecule has 0 aliphatic heterocycles. The van der Waals surface area contributed by atoms with Gasteiger partial charge in [-0.25, -0.2) is 4.39 Å². The van der Waals surface area contributed by atoms with E-state index in [1.807, 2.05) is 13.0 Å². The van der Waals surface area contributed by atoms with Gasteiger partial charge in [-0.2, -0.15) is 0 Å². The standard InChI is InChI=1S/C14H18FNO/c1-3-5-6-17-14-9-11(7-12(15)10-14)8-13(16)4-2/h7,9-10,13H,4,6,8,16H2,1-2H3. The molecule has 2 nitrogen and oxygen atoms in total. The highest BCUT2D eigenvalue weighted by atomic mass is 19.1. The van der Waals surface area contributed by atoms with Gasteiger partial charge in [-0.3, -0.25) is 0 Å². The lowest BCUT2D eigenvalue weighted by Crippen LogP contribution is -2.21. The van der Waals surface area contributed by atoms with Crippen LogP contribution in [-0.4, -0.2) is 12.6 Å². The Kier molecular flexibility index (Phi) is 5.51. The van der Waals surface area contributed by atoms with Gasteiger partial charge in [0.1, 0.15) is 18.2 Å². The number of ether oxygens (including phenoxy) is 1. The molecule has 1 unspecified atom stereocenters. The third kappa shape index (κ3) is 4.88. The number of nitrogens with two attached hydrogens (primary N) is 1. The van der Waals surface area contributed by atoms with Crippen molar-refractivity contribution in [3.05, 3.63) is 29.6 Å². The molecule has 0 aromatic heterocycles. The van der Waals surface area contributed by atoms with E-state index < -0.39 is 0 Å². The fourth-order valence-electron chi connectivity index (χ4n) is 1.46. The highest BCUT2D eigenvalue weighted by molar-refractivity contribution is 5.30. The van der Waals surface area contributed by atoms with Crippen LogP contribution in [0.1, 0.15) is 25.8 Å². The van der Waals surface area contributed by atoms with Crippen molar-refractivity contribution in [3.63, 3.8) is 0 Å². The Hall–Kier alpha value is -1.53. The molecule has 0 aliphatic rings. The fourth-order valence-corrected chi connectivity index (χ4v) is 1.46. The Labute approximate surface area is 102 Å². The van der Waals surface area contributed by atoms with Crippen molar-refractivity contribution in [2.75, 3.05) is 6.61 Å². The van der Waals surface area contributed by atoms with Gasteiger partial charge in [-0.05, 0) is 37.5 Å². The third-order valence-electron chi connectivity index (χ3n) is 2.44. The lowest BCUT2D eigenvalue weighted by atomic mass is 10.0. The summed E-state index contributed by atoms with van der Waals surface area (Å²) in [7, 11) is 0. The zero-order valence-corrected chi connectivity index (χ0v) is 10.3. The van der Waals surface area contributed by atoms with Crippen LogP contribution in [0.2, 0.25) is 0 Å². The number of benzene rings is 1. The molecule has 0 heterocycles. The quantitative estimate of drug-likeness (QED) is 0.796. The normalized spacial score (nSPS) is 11.5. The van der Waals surface area contributed by atoms with Gasteiger partial charge in [-0.1, -0.05) is 12.8 Å².